The molecule has 5 heteroatoms. The maximum Gasteiger partial charge on any atom is 0.338 e. The van der Waals surface area contributed by atoms with Gasteiger partial charge in [0.15, 0.2) is 6.10 Å². The molecule has 0 amide bonds. The number of aliphatic hydroxyl groups is 1. The van der Waals surface area contributed by atoms with Gasteiger partial charge < -0.3 is 15.2 Å². The number of nitrogens with zero attached hydrogens (tertiary/aromatic N) is 1. The molecule has 0 aliphatic carbocycles. The average Bonchev–Trinajstić information content (AvgIpc) is 2.36. The van der Waals surface area contributed by atoms with E-state index in [-0.39, 0.29) is 5.69 Å². The predicted molar refractivity (Wildman–Crippen MR) is 31.2 cm³/mol. The molecule has 0 aliphatic heterocycles. The van der Waals surface area contributed by atoms with Crippen LogP contribution in [0.25, 0.3) is 0 Å². The van der Waals surface area contributed by atoms with Crippen LogP contribution in [0.1, 0.15) is 11.8 Å². The minimum absolute atomic E-state index is 0.188. The molecule has 1 rings (SSSR count). The van der Waals surface area contributed by atoms with Crippen LogP contribution in [0.15, 0.2) is 12.5 Å². The van der Waals surface area contributed by atoms with E-state index in [9.17, 15) is 4.79 Å². The molecule has 1 aromatic heterocycles. The molecule has 5 nitrogen and oxygen atoms in total. The molecule has 1 atom stereocenters. The fourth-order valence-electron chi connectivity index (χ4n) is 0.549. The normalized spacial score (nSPS) is 12.9. The summed E-state index contributed by atoms with van der Waals surface area (Å²) in [6.45, 7) is 0. The quantitative estimate of drug-likeness (QED) is 0.521. The van der Waals surface area contributed by atoms with Gasteiger partial charge in [0.2, 0.25) is 0 Å². The molecule has 0 saturated carbocycles. The van der Waals surface area contributed by atoms with Crippen molar-refractivity contribution < 1.29 is 15.0 Å². The van der Waals surface area contributed by atoms with Crippen molar-refractivity contribution in [3.8, 4) is 0 Å². The van der Waals surface area contributed by atoms with Crippen LogP contribution in [0, 0.1) is 0 Å². The monoisotopic (exact) mass is 142 g/mol. The predicted octanol–water partition coefficient (Wildman–Crippen LogP) is -0.472. The summed E-state index contributed by atoms with van der Waals surface area (Å²) >= 11 is 0. The third-order valence-electron chi connectivity index (χ3n) is 1.05. The van der Waals surface area contributed by atoms with Gasteiger partial charge in [-0.1, -0.05) is 0 Å². The van der Waals surface area contributed by atoms with Crippen LogP contribution >= 0.6 is 0 Å². The molecule has 0 aromatic carbocycles. The number of aliphatic hydroxyl groups excluding tert-OH is 1. The second kappa shape index (κ2) is 2.49. The summed E-state index contributed by atoms with van der Waals surface area (Å²) in [6, 6.07) is 0. The Morgan fingerprint density at radius 1 is 1.80 bits per heavy atom. The molecule has 0 fully saturated rings. The second-order valence-corrected chi connectivity index (χ2v) is 1.75. The van der Waals surface area contributed by atoms with E-state index in [2.05, 4.69) is 9.97 Å². The Bertz CT molecular complexity index is 219. The van der Waals surface area contributed by atoms with Crippen LogP contribution in [0.3, 0.4) is 0 Å². The van der Waals surface area contributed by atoms with Crippen LogP contribution in [0.5, 0.6) is 0 Å². The first kappa shape index (κ1) is 6.76. The van der Waals surface area contributed by atoms with Crippen molar-refractivity contribution in [1.29, 1.82) is 0 Å². The number of aromatic nitrogens is 2. The van der Waals surface area contributed by atoms with Crippen molar-refractivity contribution >= 4 is 5.97 Å². The molecular formula is C5H6N2O3. The lowest BCUT2D eigenvalue weighted by atomic mass is 10.3. The minimum Gasteiger partial charge on any atom is -0.479 e. The van der Waals surface area contributed by atoms with E-state index >= 15 is 0 Å². The number of aliphatic carboxylic acids is 1. The van der Waals surface area contributed by atoms with Gasteiger partial charge in [0.1, 0.15) is 0 Å². The van der Waals surface area contributed by atoms with Gasteiger partial charge in [-0.2, -0.15) is 0 Å². The van der Waals surface area contributed by atoms with Gasteiger partial charge in [-0.25, -0.2) is 9.78 Å². The Labute approximate surface area is 56.3 Å². The van der Waals surface area contributed by atoms with E-state index in [0.29, 0.717) is 0 Å². The SMILES string of the molecule is O=C(O)[C@H](O)c1cnc[nH]1. The summed E-state index contributed by atoms with van der Waals surface area (Å²) in [5.74, 6) is -1.29. The highest BCUT2D eigenvalue weighted by Gasteiger charge is 2.16. The molecule has 10 heavy (non-hydrogen) atoms. The number of imidazole rings is 1. The number of aromatic amines is 1. The number of rotatable bonds is 2. The summed E-state index contributed by atoms with van der Waals surface area (Å²) < 4.78 is 0. The van der Waals surface area contributed by atoms with E-state index in [4.69, 9.17) is 10.2 Å². The molecule has 3 N–H and O–H groups in total. The number of carbonyl (C=O) groups is 1. The minimum atomic E-state index is -1.50. The lowest BCUT2D eigenvalue weighted by molar-refractivity contribution is -0.147. The summed E-state index contributed by atoms with van der Waals surface area (Å²) in [7, 11) is 0. The Morgan fingerprint density at radius 2 is 2.50 bits per heavy atom. The molecule has 0 unspecified atom stereocenters. The van der Waals surface area contributed by atoms with Gasteiger partial charge in [0.25, 0.3) is 0 Å². The first-order valence-corrected chi connectivity index (χ1v) is 2.61. The van der Waals surface area contributed by atoms with Crippen LogP contribution in [-0.4, -0.2) is 26.2 Å². The van der Waals surface area contributed by atoms with Gasteiger partial charge in [-0.3, -0.25) is 0 Å². The van der Waals surface area contributed by atoms with Crippen molar-refractivity contribution in [3.05, 3.63) is 18.2 Å². The van der Waals surface area contributed by atoms with Gasteiger partial charge in [-0.05, 0) is 0 Å². The maximum atomic E-state index is 10.1. The molecule has 0 aliphatic rings. The molecule has 0 bridgehead atoms. The lowest BCUT2D eigenvalue weighted by Crippen LogP contribution is -2.10. The maximum absolute atomic E-state index is 10.1. The van der Waals surface area contributed by atoms with Crippen LogP contribution in [0.2, 0.25) is 0 Å². The zero-order valence-corrected chi connectivity index (χ0v) is 4.98. The van der Waals surface area contributed by atoms with Gasteiger partial charge in [-0.15, -0.1) is 0 Å². The number of hydrogen-bond acceptors (Lipinski definition) is 3. The summed E-state index contributed by atoms with van der Waals surface area (Å²) in [5.41, 5.74) is 0.188. The topological polar surface area (TPSA) is 86.2 Å². The van der Waals surface area contributed by atoms with Crippen LogP contribution in [-0.2, 0) is 4.79 Å². The zero-order chi connectivity index (χ0) is 7.56. The number of H-pyrrole nitrogens is 1. The number of carboxylic acids is 1. The van der Waals surface area contributed by atoms with Crippen molar-refractivity contribution in [2.45, 2.75) is 6.10 Å². The van der Waals surface area contributed by atoms with Gasteiger partial charge in [0.05, 0.1) is 18.2 Å². The molecular weight excluding hydrogens is 136 g/mol. The van der Waals surface area contributed by atoms with Crippen molar-refractivity contribution in [2.75, 3.05) is 0 Å². The molecule has 54 valence electrons. The summed E-state index contributed by atoms with van der Waals surface area (Å²) in [4.78, 5) is 16.1. The van der Waals surface area contributed by atoms with E-state index in [0.717, 1.165) is 0 Å². The Morgan fingerprint density at radius 3 is 2.90 bits per heavy atom. The highest BCUT2D eigenvalue weighted by Crippen LogP contribution is 2.06. The van der Waals surface area contributed by atoms with Crippen molar-refractivity contribution in [3.63, 3.8) is 0 Å². The molecule has 1 heterocycles. The van der Waals surface area contributed by atoms with Crippen molar-refractivity contribution in [1.82, 2.24) is 9.97 Å². The average molecular weight is 142 g/mol. The third kappa shape index (κ3) is 1.14. The molecule has 1 aromatic rings. The van der Waals surface area contributed by atoms with Crippen LogP contribution < -0.4 is 0 Å². The Hall–Kier alpha value is -1.36. The molecule has 0 spiro atoms. The van der Waals surface area contributed by atoms with Crippen LogP contribution in [0.4, 0.5) is 0 Å². The third-order valence-corrected chi connectivity index (χ3v) is 1.05. The molecule has 0 saturated heterocycles. The summed E-state index contributed by atoms with van der Waals surface area (Å²) in [6.07, 6.45) is 1.07. The Kier molecular flexibility index (Phi) is 1.68. The fraction of sp³-hybridized carbons (Fsp3) is 0.200. The zero-order valence-electron chi connectivity index (χ0n) is 4.98. The van der Waals surface area contributed by atoms with Gasteiger partial charge in [0, 0.05) is 0 Å². The van der Waals surface area contributed by atoms with Crippen molar-refractivity contribution in [2.24, 2.45) is 0 Å². The number of hydrogen-bond donors (Lipinski definition) is 3. The highest BCUT2D eigenvalue weighted by molar-refractivity contribution is 5.73. The Balaban J connectivity index is 2.77. The smallest absolute Gasteiger partial charge is 0.338 e. The van der Waals surface area contributed by atoms with E-state index in [1.807, 2.05) is 0 Å². The van der Waals surface area contributed by atoms with E-state index in [1.54, 1.807) is 0 Å². The van der Waals surface area contributed by atoms with E-state index < -0.39 is 12.1 Å². The standard InChI is InChI=1S/C5H6N2O3/c8-4(5(9)10)3-1-6-2-7-3/h1-2,4,8H,(H,6,7)(H,9,10)/t4-/m1/s1. The highest BCUT2D eigenvalue weighted by atomic mass is 16.4. The molecule has 0 radical (unpaired) electrons. The first-order valence-electron chi connectivity index (χ1n) is 2.61. The van der Waals surface area contributed by atoms with Gasteiger partial charge >= 0.3 is 5.97 Å². The largest absolute Gasteiger partial charge is 0.479 e. The van der Waals surface area contributed by atoms with E-state index in [1.165, 1.54) is 12.5 Å². The first-order chi connectivity index (χ1) is 4.72. The summed E-state index contributed by atoms with van der Waals surface area (Å²) in [5, 5.41) is 17.1. The second-order valence-electron chi connectivity index (χ2n) is 1.75. The number of nitrogens with one attached hydrogen (secondary N) is 1. The lowest BCUT2D eigenvalue weighted by Gasteiger charge is -1.98. The number of carboxylic acid groups (broad SMARTS) is 1. The fourth-order valence-corrected chi connectivity index (χ4v) is 0.549.